The highest BCUT2D eigenvalue weighted by atomic mass is 16.5. The van der Waals surface area contributed by atoms with Crippen LogP contribution >= 0.6 is 0 Å². The predicted octanol–water partition coefficient (Wildman–Crippen LogP) is 1.26. The van der Waals surface area contributed by atoms with Crippen molar-refractivity contribution in [2.45, 2.75) is 33.2 Å². The third-order valence-corrected chi connectivity index (χ3v) is 3.82. The Kier molecular flexibility index (Phi) is 6.27. The molecule has 1 unspecified atom stereocenters. The van der Waals surface area contributed by atoms with Crippen molar-refractivity contribution in [3.8, 4) is 0 Å². The van der Waals surface area contributed by atoms with Crippen molar-refractivity contribution < 1.29 is 9.53 Å². The minimum atomic E-state index is -0.158. The van der Waals surface area contributed by atoms with E-state index < -0.39 is 0 Å². The summed E-state index contributed by atoms with van der Waals surface area (Å²) in [7, 11) is 0. The van der Waals surface area contributed by atoms with Gasteiger partial charge in [0, 0.05) is 31.9 Å². The summed E-state index contributed by atoms with van der Waals surface area (Å²) in [5.74, 6) is 0.429. The van der Waals surface area contributed by atoms with Gasteiger partial charge in [-0.25, -0.2) is 4.98 Å². The fourth-order valence-electron chi connectivity index (χ4n) is 2.66. The van der Waals surface area contributed by atoms with Crippen molar-refractivity contribution in [2.24, 2.45) is 5.92 Å². The van der Waals surface area contributed by atoms with Crippen LogP contribution in [-0.2, 0) is 4.74 Å². The summed E-state index contributed by atoms with van der Waals surface area (Å²) in [6.45, 7) is 10.3. The van der Waals surface area contributed by atoms with Crippen LogP contribution in [0.2, 0.25) is 0 Å². The highest BCUT2D eigenvalue weighted by Gasteiger charge is 2.22. The Morgan fingerprint density at radius 3 is 2.64 bits per heavy atom. The zero-order valence-corrected chi connectivity index (χ0v) is 13.7. The summed E-state index contributed by atoms with van der Waals surface area (Å²) in [6, 6.07) is 0.339. The molecule has 1 atom stereocenters. The van der Waals surface area contributed by atoms with Crippen LogP contribution in [0, 0.1) is 12.8 Å². The van der Waals surface area contributed by atoms with E-state index in [4.69, 9.17) is 4.74 Å². The molecule has 122 valence electrons. The van der Waals surface area contributed by atoms with E-state index in [9.17, 15) is 4.79 Å². The van der Waals surface area contributed by atoms with Gasteiger partial charge in [0.1, 0.15) is 5.69 Å². The average molecular weight is 306 g/mol. The second-order valence-electron chi connectivity index (χ2n) is 6.18. The zero-order valence-electron chi connectivity index (χ0n) is 13.7. The molecule has 0 bridgehead atoms. The van der Waals surface area contributed by atoms with Crippen LogP contribution in [0.15, 0.2) is 12.4 Å². The van der Waals surface area contributed by atoms with Gasteiger partial charge < -0.3 is 10.1 Å². The van der Waals surface area contributed by atoms with Crippen molar-refractivity contribution in [2.75, 3.05) is 32.8 Å². The van der Waals surface area contributed by atoms with Gasteiger partial charge in [0.05, 0.1) is 25.1 Å². The number of hydrogen-bond donors (Lipinski definition) is 1. The van der Waals surface area contributed by atoms with Crippen LogP contribution in [0.4, 0.5) is 0 Å². The normalized spacial score (nSPS) is 17.5. The van der Waals surface area contributed by atoms with Gasteiger partial charge in [-0.1, -0.05) is 13.8 Å². The van der Waals surface area contributed by atoms with E-state index in [-0.39, 0.29) is 5.91 Å². The number of carbonyl (C=O) groups excluding carboxylic acids is 1. The largest absolute Gasteiger partial charge is 0.379 e. The van der Waals surface area contributed by atoms with Crippen LogP contribution in [-0.4, -0.2) is 59.7 Å². The van der Waals surface area contributed by atoms with E-state index in [0.29, 0.717) is 24.2 Å². The fraction of sp³-hybridized carbons (Fsp3) is 0.688. The minimum Gasteiger partial charge on any atom is -0.379 e. The molecule has 1 aliphatic rings. The molecule has 22 heavy (non-hydrogen) atoms. The Morgan fingerprint density at radius 1 is 1.32 bits per heavy atom. The van der Waals surface area contributed by atoms with Crippen LogP contribution in [0.1, 0.15) is 36.5 Å². The zero-order chi connectivity index (χ0) is 15.9. The first-order chi connectivity index (χ1) is 10.6. The molecule has 1 N–H and O–H groups in total. The van der Waals surface area contributed by atoms with Crippen LogP contribution in [0.3, 0.4) is 0 Å². The summed E-state index contributed by atoms with van der Waals surface area (Å²) in [6.07, 6.45) is 4.19. The smallest absolute Gasteiger partial charge is 0.271 e. The van der Waals surface area contributed by atoms with Gasteiger partial charge >= 0.3 is 0 Å². The standard InChI is InChI=1S/C16H26N4O2/c1-12(2)8-14(20-4-6-22-7-5-20)10-19-16(21)15-11-17-13(3)9-18-15/h9,11-12,14H,4-8,10H2,1-3H3,(H,19,21). The number of morpholine rings is 1. The summed E-state index contributed by atoms with van der Waals surface area (Å²) in [5.41, 5.74) is 1.18. The van der Waals surface area contributed by atoms with Gasteiger partial charge in [-0.15, -0.1) is 0 Å². The van der Waals surface area contributed by atoms with E-state index in [1.165, 1.54) is 6.20 Å². The molecule has 1 aliphatic heterocycles. The first-order valence-electron chi connectivity index (χ1n) is 7.95. The third kappa shape index (κ3) is 5.03. The SMILES string of the molecule is Cc1cnc(C(=O)NCC(CC(C)C)N2CCOCC2)cn1. The molecule has 0 saturated carbocycles. The lowest BCUT2D eigenvalue weighted by Gasteiger charge is -2.35. The van der Waals surface area contributed by atoms with Crippen molar-refractivity contribution in [3.05, 3.63) is 23.8 Å². The van der Waals surface area contributed by atoms with E-state index in [1.54, 1.807) is 6.20 Å². The molecule has 2 rings (SSSR count). The molecular formula is C16H26N4O2. The van der Waals surface area contributed by atoms with Crippen molar-refractivity contribution in [1.29, 1.82) is 0 Å². The number of nitrogens with zero attached hydrogens (tertiary/aromatic N) is 3. The average Bonchev–Trinajstić information content (AvgIpc) is 2.52. The molecule has 1 fully saturated rings. The first-order valence-corrected chi connectivity index (χ1v) is 7.95. The summed E-state index contributed by atoms with van der Waals surface area (Å²) < 4.78 is 5.41. The Balaban J connectivity index is 1.91. The van der Waals surface area contributed by atoms with Crippen molar-refractivity contribution >= 4 is 5.91 Å². The van der Waals surface area contributed by atoms with E-state index in [0.717, 1.165) is 38.4 Å². The molecule has 0 aromatic carbocycles. The van der Waals surface area contributed by atoms with Gasteiger partial charge in [0.2, 0.25) is 0 Å². The van der Waals surface area contributed by atoms with Gasteiger partial charge in [-0.05, 0) is 19.3 Å². The summed E-state index contributed by atoms with van der Waals surface area (Å²) >= 11 is 0. The lowest BCUT2D eigenvalue weighted by atomic mass is 10.0. The molecule has 1 saturated heterocycles. The maximum atomic E-state index is 12.2. The number of ether oxygens (including phenoxy) is 1. The molecule has 0 aliphatic carbocycles. The van der Waals surface area contributed by atoms with Gasteiger partial charge in [0.15, 0.2) is 0 Å². The van der Waals surface area contributed by atoms with Gasteiger partial charge in [-0.2, -0.15) is 0 Å². The number of aryl methyl sites for hydroxylation is 1. The number of amides is 1. The molecular weight excluding hydrogens is 280 g/mol. The highest BCUT2D eigenvalue weighted by molar-refractivity contribution is 5.91. The van der Waals surface area contributed by atoms with Crippen LogP contribution < -0.4 is 5.32 Å². The lowest BCUT2D eigenvalue weighted by Crippen LogP contribution is -2.49. The first kappa shape index (κ1) is 16.8. The van der Waals surface area contributed by atoms with Crippen LogP contribution in [0.5, 0.6) is 0 Å². The van der Waals surface area contributed by atoms with Crippen molar-refractivity contribution in [1.82, 2.24) is 20.2 Å². The monoisotopic (exact) mass is 306 g/mol. The summed E-state index contributed by atoms with van der Waals surface area (Å²) in [4.78, 5) is 22.8. The molecule has 6 heteroatoms. The van der Waals surface area contributed by atoms with E-state index >= 15 is 0 Å². The number of hydrogen-bond acceptors (Lipinski definition) is 5. The number of nitrogens with one attached hydrogen (secondary N) is 1. The number of aromatic nitrogens is 2. The fourth-order valence-corrected chi connectivity index (χ4v) is 2.66. The molecule has 6 nitrogen and oxygen atoms in total. The Labute approximate surface area is 132 Å². The Bertz CT molecular complexity index is 470. The quantitative estimate of drug-likeness (QED) is 0.857. The molecule has 0 spiro atoms. The Morgan fingerprint density at radius 2 is 2.05 bits per heavy atom. The maximum absolute atomic E-state index is 12.2. The number of rotatable bonds is 6. The number of carbonyl (C=O) groups is 1. The van der Waals surface area contributed by atoms with E-state index in [1.807, 2.05) is 6.92 Å². The van der Waals surface area contributed by atoms with Crippen molar-refractivity contribution in [3.63, 3.8) is 0 Å². The molecule has 1 aromatic rings. The lowest BCUT2D eigenvalue weighted by molar-refractivity contribution is 0.0124. The highest BCUT2D eigenvalue weighted by Crippen LogP contribution is 2.13. The molecule has 2 heterocycles. The van der Waals surface area contributed by atoms with Crippen LogP contribution in [0.25, 0.3) is 0 Å². The second-order valence-corrected chi connectivity index (χ2v) is 6.18. The third-order valence-electron chi connectivity index (χ3n) is 3.82. The van der Waals surface area contributed by atoms with Gasteiger partial charge in [-0.3, -0.25) is 14.7 Å². The summed E-state index contributed by atoms with van der Waals surface area (Å²) in [5, 5.41) is 3.00. The minimum absolute atomic E-state index is 0.158. The van der Waals surface area contributed by atoms with Gasteiger partial charge in [0.25, 0.3) is 5.91 Å². The molecule has 1 aromatic heterocycles. The molecule has 1 amide bonds. The van der Waals surface area contributed by atoms with E-state index in [2.05, 4.69) is 34.0 Å². The Hall–Kier alpha value is -1.53. The topological polar surface area (TPSA) is 67.4 Å². The molecule has 0 radical (unpaired) electrons. The predicted molar refractivity (Wildman–Crippen MR) is 84.7 cm³/mol. The maximum Gasteiger partial charge on any atom is 0.271 e. The second kappa shape index (κ2) is 8.19.